The monoisotopic (exact) mass is 395 g/mol. The molecule has 0 amide bonds. The van der Waals surface area contributed by atoms with Gasteiger partial charge in [0, 0.05) is 32.1 Å². The van der Waals surface area contributed by atoms with Crippen LogP contribution in [0.1, 0.15) is 36.8 Å². The van der Waals surface area contributed by atoms with Gasteiger partial charge in [0.25, 0.3) is 0 Å². The molecule has 1 aromatic heterocycles. The molecule has 6 heteroatoms. The highest BCUT2D eigenvalue weighted by Crippen LogP contribution is 2.29. The van der Waals surface area contributed by atoms with Crippen molar-refractivity contribution in [2.45, 2.75) is 32.5 Å². The molecule has 3 rings (SSSR count). The number of rotatable bonds is 9. The van der Waals surface area contributed by atoms with Crippen molar-refractivity contribution in [3.05, 3.63) is 71.8 Å². The predicted octanol–water partition coefficient (Wildman–Crippen LogP) is 4.10. The number of imidazole rings is 1. The van der Waals surface area contributed by atoms with Crippen LogP contribution in [0.2, 0.25) is 0 Å². The van der Waals surface area contributed by atoms with Crippen molar-refractivity contribution < 1.29 is 14.2 Å². The second kappa shape index (κ2) is 9.47. The summed E-state index contributed by atoms with van der Waals surface area (Å²) >= 11 is 0. The molecule has 2 aromatic carbocycles. The second-order valence-electron chi connectivity index (χ2n) is 7.17. The lowest BCUT2D eigenvalue weighted by molar-refractivity contribution is 0.242. The first-order valence-electron chi connectivity index (χ1n) is 9.69. The summed E-state index contributed by atoms with van der Waals surface area (Å²) in [6, 6.07) is 13.9. The molecule has 1 atom stereocenters. The van der Waals surface area contributed by atoms with Gasteiger partial charge < -0.3 is 18.8 Å². The molecule has 6 nitrogen and oxygen atoms in total. The molecule has 3 aromatic rings. The summed E-state index contributed by atoms with van der Waals surface area (Å²) in [5.41, 5.74) is 2.19. The molecule has 29 heavy (non-hydrogen) atoms. The van der Waals surface area contributed by atoms with E-state index >= 15 is 0 Å². The summed E-state index contributed by atoms with van der Waals surface area (Å²) in [4.78, 5) is 4.56. The maximum Gasteiger partial charge on any atom is 0.130 e. The first kappa shape index (κ1) is 20.7. The first-order valence-corrected chi connectivity index (χ1v) is 9.69. The molecule has 0 aliphatic rings. The van der Waals surface area contributed by atoms with Gasteiger partial charge in [-0.3, -0.25) is 5.32 Å². The number of nitrogens with zero attached hydrogens (tertiary/aromatic N) is 2. The Balaban J connectivity index is 1.85. The molecular weight excluding hydrogens is 366 g/mol. The van der Waals surface area contributed by atoms with Crippen molar-refractivity contribution in [3.63, 3.8) is 0 Å². The molecule has 0 fully saturated rings. The van der Waals surface area contributed by atoms with Crippen LogP contribution in [0.15, 0.2) is 54.9 Å². The van der Waals surface area contributed by atoms with E-state index in [4.69, 9.17) is 14.2 Å². The Morgan fingerprint density at radius 1 is 0.966 bits per heavy atom. The summed E-state index contributed by atoms with van der Waals surface area (Å²) < 4.78 is 18.7. The van der Waals surface area contributed by atoms with Gasteiger partial charge in [0.2, 0.25) is 0 Å². The van der Waals surface area contributed by atoms with E-state index < -0.39 is 0 Å². The van der Waals surface area contributed by atoms with E-state index in [0.29, 0.717) is 6.54 Å². The van der Waals surface area contributed by atoms with Crippen LogP contribution in [0.25, 0.3) is 0 Å². The number of benzene rings is 2. The zero-order valence-electron chi connectivity index (χ0n) is 17.7. The van der Waals surface area contributed by atoms with Gasteiger partial charge in [-0.05, 0) is 49.2 Å². The molecular formula is C23H29N3O3. The topological polar surface area (TPSA) is 57.5 Å². The maximum atomic E-state index is 5.73. The van der Waals surface area contributed by atoms with Gasteiger partial charge in [0.1, 0.15) is 23.1 Å². The Kier molecular flexibility index (Phi) is 6.77. The predicted molar refractivity (Wildman–Crippen MR) is 114 cm³/mol. The minimum atomic E-state index is -0.120. The molecule has 1 heterocycles. The smallest absolute Gasteiger partial charge is 0.130 e. The summed E-state index contributed by atoms with van der Waals surface area (Å²) in [6.45, 7) is 4.73. The first-order chi connectivity index (χ1) is 14.0. The molecule has 0 aliphatic carbocycles. The molecule has 0 aliphatic heterocycles. The number of hydrogen-bond acceptors (Lipinski definition) is 5. The highest BCUT2D eigenvalue weighted by atomic mass is 16.5. The van der Waals surface area contributed by atoms with E-state index in [2.05, 4.69) is 22.4 Å². The van der Waals surface area contributed by atoms with Gasteiger partial charge in [-0.2, -0.15) is 0 Å². The molecule has 1 unspecified atom stereocenters. The molecule has 0 spiro atoms. The number of ether oxygens (including phenoxy) is 3. The number of nitrogens with one attached hydrogen (secondary N) is 1. The van der Waals surface area contributed by atoms with Crippen molar-refractivity contribution >= 4 is 0 Å². The highest BCUT2D eigenvalue weighted by Gasteiger charge is 2.20. The van der Waals surface area contributed by atoms with Crippen molar-refractivity contribution in [2.75, 3.05) is 14.2 Å². The molecule has 0 bridgehead atoms. The van der Waals surface area contributed by atoms with E-state index in [0.717, 1.165) is 34.2 Å². The van der Waals surface area contributed by atoms with Crippen LogP contribution in [0, 0.1) is 0 Å². The largest absolute Gasteiger partial charge is 0.497 e. The van der Waals surface area contributed by atoms with Crippen LogP contribution < -0.4 is 19.5 Å². The maximum absolute atomic E-state index is 5.73. The zero-order chi connectivity index (χ0) is 20.8. The van der Waals surface area contributed by atoms with Crippen molar-refractivity contribution in [2.24, 2.45) is 7.05 Å². The van der Waals surface area contributed by atoms with Gasteiger partial charge in [-0.25, -0.2) is 4.98 Å². The minimum Gasteiger partial charge on any atom is -0.497 e. The Hall–Kier alpha value is -2.99. The zero-order valence-corrected chi connectivity index (χ0v) is 17.7. The quantitative estimate of drug-likeness (QED) is 0.591. The van der Waals surface area contributed by atoms with Gasteiger partial charge in [-0.15, -0.1) is 0 Å². The molecule has 0 saturated heterocycles. The van der Waals surface area contributed by atoms with Crippen LogP contribution >= 0.6 is 0 Å². The normalized spacial score (nSPS) is 12.1. The summed E-state index contributed by atoms with van der Waals surface area (Å²) in [6.07, 6.45) is 3.91. The fourth-order valence-corrected chi connectivity index (χ4v) is 3.19. The SMILES string of the molecule is COc1cc(OC)cc(C(NCc2ccc(OC(C)C)cc2)c2nccn2C)c1. The van der Waals surface area contributed by atoms with Crippen LogP contribution in [0.5, 0.6) is 17.2 Å². The van der Waals surface area contributed by atoms with Crippen molar-refractivity contribution in [3.8, 4) is 17.2 Å². The highest BCUT2D eigenvalue weighted by molar-refractivity contribution is 5.41. The Morgan fingerprint density at radius 3 is 2.14 bits per heavy atom. The fraction of sp³-hybridized carbons (Fsp3) is 0.348. The lowest BCUT2D eigenvalue weighted by atomic mass is 10.0. The Bertz CT molecular complexity index is 897. The summed E-state index contributed by atoms with van der Waals surface area (Å²) in [5, 5.41) is 3.62. The van der Waals surface area contributed by atoms with Crippen molar-refractivity contribution in [1.82, 2.24) is 14.9 Å². The molecule has 154 valence electrons. The average Bonchev–Trinajstić information content (AvgIpc) is 3.14. The van der Waals surface area contributed by atoms with E-state index in [1.54, 1.807) is 20.4 Å². The number of aromatic nitrogens is 2. The van der Waals surface area contributed by atoms with E-state index in [1.807, 2.05) is 62.0 Å². The van der Waals surface area contributed by atoms with Crippen LogP contribution in [-0.4, -0.2) is 29.9 Å². The Morgan fingerprint density at radius 2 is 1.62 bits per heavy atom. The Labute approximate surface area is 172 Å². The number of hydrogen-bond donors (Lipinski definition) is 1. The van der Waals surface area contributed by atoms with Gasteiger partial charge >= 0.3 is 0 Å². The standard InChI is InChI=1S/C23H29N3O3/c1-16(2)29-19-8-6-17(7-9-19)15-25-22(23-24-10-11-26(23)3)18-12-20(27-4)14-21(13-18)28-5/h6-14,16,22,25H,15H2,1-5H3. The lowest BCUT2D eigenvalue weighted by Gasteiger charge is -2.21. The van der Waals surface area contributed by atoms with Crippen LogP contribution in [0.3, 0.4) is 0 Å². The van der Waals surface area contributed by atoms with Crippen LogP contribution in [-0.2, 0) is 13.6 Å². The number of methoxy groups -OCH3 is 2. The van der Waals surface area contributed by atoms with Crippen LogP contribution in [0.4, 0.5) is 0 Å². The minimum absolute atomic E-state index is 0.120. The molecule has 1 N–H and O–H groups in total. The average molecular weight is 396 g/mol. The second-order valence-corrected chi connectivity index (χ2v) is 7.17. The van der Waals surface area contributed by atoms with Gasteiger partial charge in [0.05, 0.1) is 26.4 Å². The van der Waals surface area contributed by atoms with E-state index in [9.17, 15) is 0 Å². The van der Waals surface area contributed by atoms with E-state index in [1.165, 1.54) is 0 Å². The van der Waals surface area contributed by atoms with Crippen molar-refractivity contribution in [1.29, 1.82) is 0 Å². The van der Waals surface area contributed by atoms with Gasteiger partial charge in [0.15, 0.2) is 0 Å². The summed E-state index contributed by atoms with van der Waals surface area (Å²) in [7, 11) is 5.30. The fourth-order valence-electron chi connectivity index (χ4n) is 3.19. The molecule has 0 radical (unpaired) electrons. The van der Waals surface area contributed by atoms with E-state index in [-0.39, 0.29) is 12.1 Å². The third-order valence-corrected chi connectivity index (χ3v) is 4.63. The summed E-state index contributed by atoms with van der Waals surface area (Å²) in [5.74, 6) is 3.29. The number of aryl methyl sites for hydroxylation is 1. The lowest BCUT2D eigenvalue weighted by Crippen LogP contribution is -2.25. The third kappa shape index (κ3) is 5.29. The van der Waals surface area contributed by atoms with Gasteiger partial charge in [-0.1, -0.05) is 12.1 Å². The third-order valence-electron chi connectivity index (χ3n) is 4.63. The molecule has 0 saturated carbocycles.